The van der Waals surface area contributed by atoms with E-state index in [1.54, 1.807) is 0 Å². The molecule has 1 aliphatic carbocycles. The minimum Gasteiger partial charge on any atom is -0.370 e. The molecular formula is C18H20N2. The van der Waals surface area contributed by atoms with Crippen LogP contribution in [0.3, 0.4) is 0 Å². The SMILES string of the molecule is NC1CCc2cc(N3CC(c4ccccc4)C3)ccc21. The van der Waals surface area contributed by atoms with E-state index in [1.807, 2.05) is 0 Å². The molecule has 0 aromatic heterocycles. The minimum atomic E-state index is 0.257. The van der Waals surface area contributed by atoms with E-state index in [0.29, 0.717) is 5.92 Å². The second kappa shape index (κ2) is 4.64. The molecule has 2 nitrogen and oxygen atoms in total. The number of fused-ring (bicyclic) bond motifs is 1. The molecule has 0 radical (unpaired) electrons. The molecule has 2 aliphatic rings. The van der Waals surface area contributed by atoms with Crippen molar-refractivity contribution in [2.45, 2.75) is 24.8 Å². The standard InChI is InChI=1S/C18H20N2/c19-18-9-6-14-10-16(7-8-17(14)18)20-11-15(12-20)13-4-2-1-3-5-13/h1-5,7-8,10,15,18H,6,9,11-12,19H2. The summed E-state index contributed by atoms with van der Waals surface area (Å²) in [5, 5.41) is 0. The van der Waals surface area contributed by atoms with Crippen LogP contribution in [0.4, 0.5) is 5.69 Å². The second-order valence-corrected chi connectivity index (χ2v) is 6.04. The number of nitrogens with two attached hydrogens (primary N) is 1. The third kappa shape index (κ3) is 1.92. The molecule has 20 heavy (non-hydrogen) atoms. The maximum absolute atomic E-state index is 6.10. The van der Waals surface area contributed by atoms with Crippen molar-refractivity contribution in [3.05, 3.63) is 65.2 Å². The van der Waals surface area contributed by atoms with Crippen LogP contribution in [0.5, 0.6) is 0 Å². The predicted octanol–water partition coefficient (Wildman–Crippen LogP) is 3.24. The van der Waals surface area contributed by atoms with Crippen molar-refractivity contribution in [2.75, 3.05) is 18.0 Å². The van der Waals surface area contributed by atoms with Gasteiger partial charge in [0, 0.05) is 30.7 Å². The van der Waals surface area contributed by atoms with Crippen LogP contribution in [0.2, 0.25) is 0 Å². The van der Waals surface area contributed by atoms with E-state index >= 15 is 0 Å². The first-order valence-electron chi connectivity index (χ1n) is 7.49. The van der Waals surface area contributed by atoms with E-state index in [0.717, 1.165) is 25.9 Å². The molecule has 1 fully saturated rings. The van der Waals surface area contributed by atoms with Gasteiger partial charge in [-0.15, -0.1) is 0 Å². The molecule has 1 atom stereocenters. The van der Waals surface area contributed by atoms with E-state index < -0.39 is 0 Å². The van der Waals surface area contributed by atoms with Gasteiger partial charge in [-0.2, -0.15) is 0 Å². The Labute approximate surface area is 120 Å². The number of benzene rings is 2. The monoisotopic (exact) mass is 264 g/mol. The van der Waals surface area contributed by atoms with Crippen molar-refractivity contribution < 1.29 is 0 Å². The Morgan fingerprint density at radius 2 is 1.80 bits per heavy atom. The number of rotatable bonds is 2. The van der Waals surface area contributed by atoms with E-state index in [1.165, 1.54) is 22.4 Å². The van der Waals surface area contributed by atoms with Crippen LogP contribution in [0.25, 0.3) is 0 Å². The average Bonchev–Trinajstić information content (AvgIpc) is 2.80. The third-order valence-electron chi connectivity index (χ3n) is 4.77. The van der Waals surface area contributed by atoms with Gasteiger partial charge < -0.3 is 10.6 Å². The van der Waals surface area contributed by atoms with Gasteiger partial charge in [0.1, 0.15) is 0 Å². The molecule has 1 aliphatic heterocycles. The van der Waals surface area contributed by atoms with Crippen LogP contribution >= 0.6 is 0 Å². The van der Waals surface area contributed by atoms with Crippen molar-refractivity contribution in [3.63, 3.8) is 0 Å². The molecule has 2 N–H and O–H groups in total. The van der Waals surface area contributed by atoms with Crippen molar-refractivity contribution in [1.82, 2.24) is 0 Å². The van der Waals surface area contributed by atoms with Crippen LogP contribution in [0.1, 0.15) is 35.1 Å². The molecule has 1 saturated heterocycles. The highest BCUT2D eigenvalue weighted by Crippen LogP contribution is 2.36. The average molecular weight is 264 g/mol. The zero-order valence-corrected chi connectivity index (χ0v) is 11.6. The summed E-state index contributed by atoms with van der Waals surface area (Å²) in [7, 11) is 0. The highest BCUT2D eigenvalue weighted by molar-refractivity contribution is 5.55. The maximum Gasteiger partial charge on any atom is 0.0369 e. The molecule has 1 heterocycles. The number of aryl methyl sites for hydroxylation is 1. The van der Waals surface area contributed by atoms with Crippen LogP contribution in [-0.2, 0) is 6.42 Å². The Morgan fingerprint density at radius 3 is 2.60 bits per heavy atom. The highest BCUT2D eigenvalue weighted by Gasteiger charge is 2.29. The van der Waals surface area contributed by atoms with Gasteiger partial charge in [-0.1, -0.05) is 36.4 Å². The first-order chi connectivity index (χ1) is 9.81. The van der Waals surface area contributed by atoms with E-state index in [9.17, 15) is 0 Å². The third-order valence-corrected chi connectivity index (χ3v) is 4.77. The summed E-state index contributed by atoms with van der Waals surface area (Å²) in [6.45, 7) is 2.27. The summed E-state index contributed by atoms with van der Waals surface area (Å²) in [6, 6.07) is 17.9. The molecule has 0 bridgehead atoms. The van der Waals surface area contributed by atoms with Gasteiger partial charge in [-0.05, 0) is 41.7 Å². The van der Waals surface area contributed by atoms with Gasteiger partial charge in [0.25, 0.3) is 0 Å². The lowest BCUT2D eigenvalue weighted by atomic mass is 9.90. The van der Waals surface area contributed by atoms with Gasteiger partial charge in [0.05, 0.1) is 0 Å². The summed E-state index contributed by atoms with van der Waals surface area (Å²) >= 11 is 0. The summed E-state index contributed by atoms with van der Waals surface area (Å²) in [5.41, 5.74) is 11.7. The summed E-state index contributed by atoms with van der Waals surface area (Å²) < 4.78 is 0. The first-order valence-corrected chi connectivity index (χ1v) is 7.49. The Bertz CT molecular complexity index is 615. The fourth-order valence-corrected chi connectivity index (χ4v) is 3.46. The molecule has 102 valence electrons. The fourth-order valence-electron chi connectivity index (χ4n) is 3.46. The molecule has 0 saturated carbocycles. The quantitative estimate of drug-likeness (QED) is 0.902. The smallest absolute Gasteiger partial charge is 0.0369 e. The lowest BCUT2D eigenvalue weighted by Gasteiger charge is -2.41. The lowest BCUT2D eigenvalue weighted by molar-refractivity contribution is 0.525. The van der Waals surface area contributed by atoms with Crippen molar-refractivity contribution in [1.29, 1.82) is 0 Å². The number of anilines is 1. The van der Waals surface area contributed by atoms with E-state index in [2.05, 4.69) is 53.4 Å². The molecule has 2 aromatic rings. The number of hydrogen-bond acceptors (Lipinski definition) is 2. The molecule has 0 spiro atoms. The van der Waals surface area contributed by atoms with Crippen molar-refractivity contribution >= 4 is 5.69 Å². The van der Waals surface area contributed by atoms with E-state index in [4.69, 9.17) is 5.73 Å². The normalized spacial score (nSPS) is 21.6. The van der Waals surface area contributed by atoms with Gasteiger partial charge in [0.2, 0.25) is 0 Å². The molecule has 1 unspecified atom stereocenters. The molecular weight excluding hydrogens is 244 g/mol. The summed E-state index contributed by atoms with van der Waals surface area (Å²) in [6.07, 6.45) is 2.24. The summed E-state index contributed by atoms with van der Waals surface area (Å²) in [4.78, 5) is 2.47. The molecule has 4 rings (SSSR count). The largest absolute Gasteiger partial charge is 0.370 e. The Kier molecular flexibility index (Phi) is 2.78. The first kappa shape index (κ1) is 12.0. The van der Waals surface area contributed by atoms with Crippen molar-refractivity contribution in [2.24, 2.45) is 5.73 Å². The highest BCUT2D eigenvalue weighted by atomic mass is 15.2. The number of nitrogens with zero attached hydrogens (tertiary/aromatic N) is 1. The molecule has 2 heteroatoms. The lowest BCUT2D eigenvalue weighted by Crippen LogP contribution is -2.45. The van der Waals surface area contributed by atoms with Gasteiger partial charge >= 0.3 is 0 Å². The maximum atomic E-state index is 6.10. The Morgan fingerprint density at radius 1 is 1.00 bits per heavy atom. The van der Waals surface area contributed by atoms with E-state index in [-0.39, 0.29) is 6.04 Å². The van der Waals surface area contributed by atoms with Crippen LogP contribution < -0.4 is 10.6 Å². The Hall–Kier alpha value is -1.80. The zero-order valence-electron chi connectivity index (χ0n) is 11.6. The molecule has 0 amide bonds. The van der Waals surface area contributed by atoms with Crippen molar-refractivity contribution in [3.8, 4) is 0 Å². The second-order valence-electron chi connectivity index (χ2n) is 6.04. The van der Waals surface area contributed by atoms with Gasteiger partial charge in [0.15, 0.2) is 0 Å². The van der Waals surface area contributed by atoms with Gasteiger partial charge in [-0.25, -0.2) is 0 Å². The Balaban J connectivity index is 1.49. The van der Waals surface area contributed by atoms with Crippen LogP contribution in [0, 0.1) is 0 Å². The van der Waals surface area contributed by atoms with Crippen LogP contribution in [-0.4, -0.2) is 13.1 Å². The zero-order chi connectivity index (χ0) is 13.5. The summed E-state index contributed by atoms with van der Waals surface area (Å²) in [5.74, 6) is 0.687. The fraction of sp³-hybridized carbons (Fsp3) is 0.333. The molecule has 2 aromatic carbocycles. The topological polar surface area (TPSA) is 29.3 Å². The predicted molar refractivity (Wildman–Crippen MR) is 83.1 cm³/mol. The van der Waals surface area contributed by atoms with Gasteiger partial charge in [-0.3, -0.25) is 0 Å². The number of hydrogen-bond donors (Lipinski definition) is 1. The minimum absolute atomic E-state index is 0.257. The van der Waals surface area contributed by atoms with Crippen LogP contribution in [0.15, 0.2) is 48.5 Å².